The number of carbonyl (C=O) groups excluding carboxylic acids is 3. The zero-order valence-electron chi connectivity index (χ0n) is 20.0. The van der Waals surface area contributed by atoms with Crippen molar-refractivity contribution in [2.45, 2.75) is 39.4 Å². The smallest absolute Gasteiger partial charge is 0.416 e. The van der Waals surface area contributed by atoms with Crippen molar-refractivity contribution in [1.82, 2.24) is 10.2 Å². The number of benzene rings is 2. The van der Waals surface area contributed by atoms with Gasteiger partial charge in [-0.2, -0.15) is 13.2 Å². The molecule has 0 spiro atoms. The number of esters is 1. The quantitative estimate of drug-likeness (QED) is 0.424. The van der Waals surface area contributed by atoms with Gasteiger partial charge in [-0.15, -0.1) is 0 Å². The minimum Gasteiger partial charge on any atom is -0.463 e. The molecule has 8 nitrogen and oxygen atoms in total. The first-order valence-corrected chi connectivity index (χ1v) is 11.4. The van der Waals surface area contributed by atoms with Crippen LogP contribution in [0, 0.1) is 0 Å². The van der Waals surface area contributed by atoms with E-state index in [2.05, 4.69) is 16.0 Å². The molecule has 2 aromatic rings. The number of allylic oxidation sites excluding steroid dienone is 1. The molecule has 0 aliphatic carbocycles. The molecule has 0 saturated heterocycles. The first-order valence-electron chi connectivity index (χ1n) is 11.4. The zero-order valence-corrected chi connectivity index (χ0v) is 20.0. The first-order chi connectivity index (χ1) is 17.0. The Kier molecular flexibility index (Phi) is 8.23. The molecule has 3 rings (SSSR count). The number of nitrogens with zero attached hydrogens (tertiary/aromatic N) is 1. The van der Waals surface area contributed by atoms with Crippen LogP contribution in [0.2, 0.25) is 0 Å². The summed E-state index contributed by atoms with van der Waals surface area (Å²) >= 11 is 0. The van der Waals surface area contributed by atoms with E-state index in [1.807, 2.05) is 6.92 Å². The summed E-state index contributed by atoms with van der Waals surface area (Å²) in [6.45, 7) is 5.85. The molecule has 0 saturated carbocycles. The summed E-state index contributed by atoms with van der Waals surface area (Å²) in [4.78, 5) is 39.5. The highest BCUT2D eigenvalue weighted by atomic mass is 19.4. The second-order valence-electron chi connectivity index (χ2n) is 8.04. The monoisotopic (exact) mass is 504 g/mol. The second kappa shape index (κ2) is 11.1. The molecular weight excluding hydrogens is 477 g/mol. The molecule has 2 aromatic carbocycles. The van der Waals surface area contributed by atoms with Crippen molar-refractivity contribution in [1.29, 1.82) is 0 Å². The van der Waals surface area contributed by atoms with E-state index in [-0.39, 0.29) is 23.9 Å². The molecule has 3 N–H and O–H groups in total. The number of alkyl halides is 3. The minimum absolute atomic E-state index is 0.0304. The van der Waals surface area contributed by atoms with Gasteiger partial charge in [0.25, 0.3) is 0 Å². The third-order valence-corrected chi connectivity index (χ3v) is 5.46. The number of nitrogens with one attached hydrogen (secondary N) is 3. The Morgan fingerprint density at radius 2 is 1.69 bits per heavy atom. The molecule has 11 heteroatoms. The molecular formula is C25H27F3N4O4. The van der Waals surface area contributed by atoms with E-state index in [0.717, 1.165) is 12.1 Å². The van der Waals surface area contributed by atoms with E-state index in [9.17, 15) is 27.6 Å². The van der Waals surface area contributed by atoms with Crippen LogP contribution in [0.4, 0.5) is 34.1 Å². The van der Waals surface area contributed by atoms with Gasteiger partial charge in [0.15, 0.2) is 0 Å². The summed E-state index contributed by atoms with van der Waals surface area (Å²) in [6, 6.07) is 8.76. The summed E-state index contributed by atoms with van der Waals surface area (Å²) < 4.78 is 44.0. The molecule has 1 heterocycles. The lowest BCUT2D eigenvalue weighted by molar-refractivity contribution is -0.139. The molecule has 192 valence electrons. The lowest BCUT2D eigenvalue weighted by atomic mass is 9.94. The van der Waals surface area contributed by atoms with Crippen LogP contribution in [-0.4, -0.2) is 36.1 Å². The molecule has 0 bridgehead atoms. The predicted molar refractivity (Wildman–Crippen MR) is 128 cm³/mol. The fourth-order valence-corrected chi connectivity index (χ4v) is 3.86. The topological polar surface area (TPSA) is 99.8 Å². The Labute approximate surface area is 206 Å². The Morgan fingerprint density at radius 1 is 1.06 bits per heavy atom. The fourth-order valence-electron chi connectivity index (χ4n) is 3.86. The molecule has 0 aromatic heterocycles. The maximum absolute atomic E-state index is 12.9. The second-order valence-corrected chi connectivity index (χ2v) is 8.04. The highest BCUT2D eigenvalue weighted by Crippen LogP contribution is 2.33. The van der Waals surface area contributed by atoms with E-state index in [1.165, 1.54) is 17.0 Å². The molecule has 0 unspecified atom stereocenters. The fraction of sp³-hybridized carbons (Fsp3) is 0.320. The number of halogens is 3. The van der Waals surface area contributed by atoms with Gasteiger partial charge in [-0.1, -0.05) is 25.1 Å². The van der Waals surface area contributed by atoms with Crippen LogP contribution in [0.5, 0.6) is 0 Å². The molecule has 0 radical (unpaired) electrons. The van der Waals surface area contributed by atoms with Gasteiger partial charge in [0.05, 0.1) is 23.8 Å². The van der Waals surface area contributed by atoms with Crippen LogP contribution in [-0.2, 0) is 15.7 Å². The predicted octanol–water partition coefficient (Wildman–Crippen LogP) is 5.66. The average molecular weight is 505 g/mol. The first kappa shape index (κ1) is 26.6. The number of hydrogen-bond acceptors (Lipinski definition) is 4. The van der Waals surface area contributed by atoms with Crippen LogP contribution < -0.4 is 16.0 Å². The minimum atomic E-state index is -4.54. The zero-order chi connectivity index (χ0) is 26.5. The molecule has 1 aliphatic rings. The molecule has 1 atom stereocenters. The van der Waals surface area contributed by atoms with Crippen LogP contribution in [0.3, 0.4) is 0 Å². The van der Waals surface area contributed by atoms with Crippen LogP contribution >= 0.6 is 0 Å². The largest absolute Gasteiger partial charge is 0.463 e. The maximum atomic E-state index is 12.9. The lowest BCUT2D eigenvalue weighted by Crippen LogP contribution is -2.48. The van der Waals surface area contributed by atoms with E-state index < -0.39 is 29.8 Å². The molecule has 4 amide bonds. The van der Waals surface area contributed by atoms with Crippen molar-refractivity contribution in [3.8, 4) is 0 Å². The summed E-state index contributed by atoms with van der Waals surface area (Å²) in [5, 5.41) is 7.75. The maximum Gasteiger partial charge on any atom is 0.416 e. The van der Waals surface area contributed by atoms with E-state index in [0.29, 0.717) is 29.9 Å². The van der Waals surface area contributed by atoms with Crippen molar-refractivity contribution >= 4 is 29.4 Å². The summed E-state index contributed by atoms with van der Waals surface area (Å²) in [6.07, 6.45) is -3.85. The van der Waals surface area contributed by atoms with Gasteiger partial charge in [0.2, 0.25) is 0 Å². The Hall–Kier alpha value is -4.02. The van der Waals surface area contributed by atoms with E-state index in [1.54, 1.807) is 38.1 Å². The number of anilines is 2. The summed E-state index contributed by atoms with van der Waals surface area (Å²) in [5.74, 6) is -0.568. The summed E-state index contributed by atoms with van der Waals surface area (Å²) in [5.41, 5.74) is 0.653. The van der Waals surface area contributed by atoms with Crippen LogP contribution in [0.1, 0.15) is 44.4 Å². The average Bonchev–Trinajstić information content (AvgIpc) is 2.81. The van der Waals surface area contributed by atoms with Gasteiger partial charge < -0.3 is 20.7 Å². The van der Waals surface area contributed by atoms with Crippen molar-refractivity contribution in [2.75, 3.05) is 23.8 Å². The van der Waals surface area contributed by atoms with E-state index in [4.69, 9.17) is 4.74 Å². The number of rotatable bonds is 7. The number of hydrogen-bond donors (Lipinski definition) is 3. The van der Waals surface area contributed by atoms with Gasteiger partial charge >= 0.3 is 24.2 Å². The highest BCUT2D eigenvalue weighted by molar-refractivity contribution is 6.00. The van der Waals surface area contributed by atoms with Gasteiger partial charge in [0.1, 0.15) is 0 Å². The van der Waals surface area contributed by atoms with Crippen LogP contribution in [0.25, 0.3) is 0 Å². The Morgan fingerprint density at radius 3 is 2.31 bits per heavy atom. The Bertz CT molecular complexity index is 1180. The standard InChI is InChI=1S/C25H27F3N4O4/c1-4-12-32-15(3)20(22(33)36-5-2)21(31-24(32)35)16-8-6-10-18(13-16)29-23(34)30-19-11-7-9-17(14-19)25(26,27)28/h6-11,13-14,21H,4-5,12H2,1-3H3,(H,31,35)(H2,29,30,34)/t21-/m0/s1. The lowest BCUT2D eigenvalue weighted by Gasteiger charge is -2.35. The Balaban J connectivity index is 1.84. The van der Waals surface area contributed by atoms with Gasteiger partial charge in [-0.3, -0.25) is 4.90 Å². The van der Waals surface area contributed by atoms with Crippen molar-refractivity contribution in [2.24, 2.45) is 0 Å². The number of carbonyl (C=O) groups is 3. The SMILES string of the molecule is CCCN1C(=O)N[C@@H](c2cccc(NC(=O)Nc3cccc(C(F)(F)F)c3)c2)C(C(=O)OCC)=C1C. The highest BCUT2D eigenvalue weighted by Gasteiger charge is 2.36. The molecule has 1 aliphatic heterocycles. The van der Waals surface area contributed by atoms with Gasteiger partial charge in [-0.05, 0) is 56.2 Å². The third kappa shape index (κ3) is 6.15. The van der Waals surface area contributed by atoms with Crippen molar-refractivity contribution in [3.05, 3.63) is 70.9 Å². The van der Waals surface area contributed by atoms with Gasteiger partial charge in [0, 0.05) is 23.6 Å². The number of amides is 4. The number of urea groups is 2. The van der Waals surface area contributed by atoms with Crippen molar-refractivity contribution in [3.63, 3.8) is 0 Å². The van der Waals surface area contributed by atoms with Gasteiger partial charge in [-0.25, -0.2) is 14.4 Å². The molecule has 36 heavy (non-hydrogen) atoms. The summed E-state index contributed by atoms with van der Waals surface area (Å²) in [7, 11) is 0. The van der Waals surface area contributed by atoms with E-state index >= 15 is 0 Å². The van der Waals surface area contributed by atoms with Crippen molar-refractivity contribution < 1.29 is 32.3 Å². The normalized spacial score (nSPS) is 15.9. The third-order valence-electron chi connectivity index (χ3n) is 5.46. The molecule has 0 fully saturated rings. The van der Waals surface area contributed by atoms with Crippen LogP contribution in [0.15, 0.2) is 59.8 Å². The number of ether oxygens (including phenoxy) is 1.